The van der Waals surface area contributed by atoms with E-state index in [2.05, 4.69) is 34.3 Å². The SMILES string of the molecule is CCCc1nc(CN(C)C2CCCNCC2)no1.Cl. The summed E-state index contributed by atoms with van der Waals surface area (Å²) in [6.07, 6.45) is 5.64. The Morgan fingerprint density at radius 2 is 2.21 bits per heavy atom. The lowest BCUT2D eigenvalue weighted by Gasteiger charge is -2.25. The summed E-state index contributed by atoms with van der Waals surface area (Å²) in [5.41, 5.74) is 0. The molecule has 0 aliphatic carbocycles. The molecular weight excluding hydrogens is 264 g/mol. The van der Waals surface area contributed by atoms with Gasteiger partial charge in [-0.15, -0.1) is 12.4 Å². The Morgan fingerprint density at radius 3 is 3.00 bits per heavy atom. The minimum atomic E-state index is 0. The monoisotopic (exact) mass is 288 g/mol. The van der Waals surface area contributed by atoms with Crippen LogP contribution in [0.2, 0.25) is 0 Å². The molecule has 0 saturated carbocycles. The molecule has 0 bridgehead atoms. The fourth-order valence-corrected chi connectivity index (χ4v) is 2.46. The zero-order valence-corrected chi connectivity index (χ0v) is 12.7. The number of aromatic nitrogens is 2. The molecule has 1 N–H and O–H groups in total. The first-order valence-electron chi connectivity index (χ1n) is 7.02. The van der Waals surface area contributed by atoms with Crippen molar-refractivity contribution in [3.63, 3.8) is 0 Å². The van der Waals surface area contributed by atoms with E-state index in [0.29, 0.717) is 6.04 Å². The van der Waals surface area contributed by atoms with E-state index in [-0.39, 0.29) is 12.4 Å². The minimum Gasteiger partial charge on any atom is -0.339 e. The van der Waals surface area contributed by atoms with E-state index in [4.69, 9.17) is 4.52 Å². The van der Waals surface area contributed by atoms with Crippen LogP contribution in [0.5, 0.6) is 0 Å². The van der Waals surface area contributed by atoms with Crippen LogP contribution in [0.3, 0.4) is 0 Å². The first-order valence-corrected chi connectivity index (χ1v) is 7.02. The lowest BCUT2D eigenvalue weighted by Crippen LogP contribution is -2.32. The van der Waals surface area contributed by atoms with Gasteiger partial charge in [-0.25, -0.2) is 0 Å². The molecule has 6 heteroatoms. The number of nitrogens with one attached hydrogen (secondary N) is 1. The topological polar surface area (TPSA) is 54.2 Å². The third-order valence-corrected chi connectivity index (χ3v) is 3.53. The Kier molecular flexibility index (Phi) is 7.34. The van der Waals surface area contributed by atoms with E-state index in [1.54, 1.807) is 0 Å². The molecule has 1 fully saturated rings. The lowest BCUT2D eigenvalue weighted by atomic mass is 10.1. The maximum Gasteiger partial charge on any atom is 0.226 e. The largest absolute Gasteiger partial charge is 0.339 e. The van der Waals surface area contributed by atoms with Crippen LogP contribution in [0.15, 0.2) is 4.52 Å². The van der Waals surface area contributed by atoms with Crippen LogP contribution < -0.4 is 5.32 Å². The minimum absolute atomic E-state index is 0. The maximum atomic E-state index is 5.22. The van der Waals surface area contributed by atoms with Crippen LogP contribution >= 0.6 is 12.4 Å². The Hall–Kier alpha value is -0.650. The molecule has 1 aliphatic rings. The van der Waals surface area contributed by atoms with Crippen molar-refractivity contribution < 1.29 is 4.52 Å². The Balaban J connectivity index is 0.00000180. The van der Waals surface area contributed by atoms with Crippen LogP contribution in [0, 0.1) is 0 Å². The van der Waals surface area contributed by atoms with Gasteiger partial charge in [0.05, 0.1) is 6.54 Å². The molecule has 19 heavy (non-hydrogen) atoms. The van der Waals surface area contributed by atoms with E-state index in [0.717, 1.165) is 44.2 Å². The molecule has 1 atom stereocenters. The molecule has 110 valence electrons. The summed E-state index contributed by atoms with van der Waals surface area (Å²) in [5, 5.41) is 7.49. The van der Waals surface area contributed by atoms with E-state index >= 15 is 0 Å². The highest BCUT2D eigenvalue weighted by Crippen LogP contribution is 2.14. The molecule has 1 aliphatic heterocycles. The van der Waals surface area contributed by atoms with Crippen molar-refractivity contribution in [3.8, 4) is 0 Å². The van der Waals surface area contributed by atoms with Crippen LogP contribution in [-0.2, 0) is 13.0 Å². The third kappa shape index (κ3) is 5.09. The number of hydrogen-bond acceptors (Lipinski definition) is 5. The second kappa shape index (κ2) is 8.51. The summed E-state index contributed by atoms with van der Waals surface area (Å²) in [6, 6.07) is 0.633. The van der Waals surface area contributed by atoms with Gasteiger partial charge < -0.3 is 9.84 Å². The predicted molar refractivity (Wildman–Crippen MR) is 77.5 cm³/mol. The number of nitrogens with zero attached hydrogens (tertiary/aromatic N) is 3. The summed E-state index contributed by atoms with van der Waals surface area (Å²) in [7, 11) is 2.16. The van der Waals surface area contributed by atoms with Crippen LogP contribution in [-0.4, -0.2) is 41.2 Å². The molecule has 2 rings (SSSR count). The van der Waals surface area contributed by atoms with Gasteiger partial charge in [-0.1, -0.05) is 12.1 Å². The van der Waals surface area contributed by atoms with Gasteiger partial charge in [-0.2, -0.15) is 4.98 Å². The fraction of sp³-hybridized carbons (Fsp3) is 0.846. The second-order valence-electron chi connectivity index (χ2n) is 5.10. The molecule has 2 heterocycles. The zero-order valence-electron chi connectivity index (χ0n) is 11.9. The molecule has 0 spiro atoms. The van der Waals surface area contributed by atoms with Crippen LogP contribution in [0.1, 0.15) is 44.3 Å². The van der Waals surface area contributed by atoms with E-state index in [1.165, 1.54) is 19.3 Å². The van der Waals surface area contributed by atoms with E-state index in [1.807, 2.05) is 0 Å². The van der Waals surface area contributed by atoms with Crippen molar-refractivity contribution in [1.29, 1.82) is 0 Å². The Morgan fingerprint density at radius 1 is 1.37 bits per heavy atom. The summed E-state index contributed by atoms with van der Waals surface area (Å²) < 4.78 is 5.22. The maximum absolute atomic E-state index is 5.22. The summed E-state index contributed by atoms with van der Waals surface area (Å²) in [5.74, 6) is 1.58. The number of rotatable bonds is 5. The fourth-order valence-electron chi connectivity index (χ4n) is 2.46. The summed E-state index contributed by atoms with van der Waals surface area (Å²) >= 11 is 0. The first kappa shape index (κ1) is 16.4. The van der Waals surface area contributed by atoms with Crippen molar-refractivity contribution in [2.75, 3.05) is 20.1 Å². The number of halogens is 1. The van der Waals surface area contributed by atoms with Crippen molar-refractivity contribution in [2.24, 2.45) is 0 Å². The van der Waals surface area contributed by atoms with Crippen LogP contribution in [0.4, 0.5) is 0 Å². The van der Waals surface area contributed by atoms with Gasteiger partial charge in [-0.05, 0) is 45.8 Å². The van der Waals surface area contributed by atoms with Crippen LogP contribution in [0.25, 0.3) is 0 Å². The molecule has 0 aromatic carbocycles. The molecule has 0 amide bonds. The Labute approximate surface area is 121 Å². The highest BCUT2D eigenvalue weighted by atomic mass is 35.5. The lowest BCUT2D eigenvalue weighted by molar-refractivity contribution is 0.209. The molecule has 0 radical (unpaired) electrons. The smallest absolute Gasteiger partial charge is 0.226 e. The molecular formula is C13H25ClN4O. The average molecular weight is 289 g/mol. The zero-order chi connectivity index (χ0) is 12.8. The number of hydrogen-bond donors (Lipinski definition) is 1. The highest BCUT2D eigenvalue weighted by molar-refractivity contribution is 5.85. The quantitative estimate of drug-likeness (QED) is 0.898. The van der Waals surface area contributed by atoms with Gasteiger partial charge in [0.1, 0.15) is 0 Å². The van der Waals surface area contributed by atoms with Gasteiger partial charge in [0, 0.05) is 12.5 Å². The summed E-state index contributed by atoms with van der Waals surface area (Å²) in [4.78, 5) is 6.78. The molecule has 1 saturated heterocycles. The van der Waals surface area contributed by atoms with Crippen molar-refractivity contribution in [1.82, 2.24) is 20.4 Å². The first-order chi connectivity index (χ1) is 8.79. The normalized spacial score (nSPS) is 20.1. The Bertz CT molecular complexity index is 350. The second-order valence-corrected chi connectivity index (χ2v) is 5.10. The van der Waals surface area contributed by atoms with Crippen molar-refractivity contribution >= 4 is 12.4 Å². The van der Waals surface area contributed by atoms with Gasteiger partial charge in [-0.3, -0.25) is 4.90 Å². The highest BCUT2D eigenvalue weighted by Gasteiger charge is 2.18. The molecule has 1 unspecified atom stereocenters. The number of aryl methyl sites for hydroxylation is 1. The molecule has 1 aromatic rings. The van der Waals surface area contributed by atoms with Gasteiger partial charge in [0.15, 0.2) is 5.82 Å². The van der Waals surface area contributed by atoms with Gasteiger partial charge in [0.25, 0.3) is 0 Å². The molecule has 1 aromatic heterocycles. The third-order valence-electron chi connectivity index (χ3n) is 3.53. The molecule has 5 nitrogen and oxygen atoms in total. The standard InChI is InChI=1S/C13H24N4O.ClH/c1-3-5-13-15-12(16-18-13)10-17(2)11-6-4-8-14-9-7-11;/h11,14H,3-10H2,1-2H3;1H. The predicted octanol–water partition coefficient (Wildman–Crippen LogP) is 2.02. The van der Waals surface area contributed by atoms with E-state index in [9.17, 15) is 0 Å². The van der Waals surface area contributed by atoms with Crippen molar-refractivity contribution in [2.45, 2.75) is 51.6 Å². The van der Waals surface area contributed by atoms with Gasteiger partial charge in [0.2, 0.25) is 5.89 Å². The summed E-state index contributed by atoms with van der Waals surface area (Å²) in [6.45, 7) is 5.17. The van der Waals surface area contributed by atoms with E-state index < -0.39 is 0 Å². The van der Waals surface area contributed by atoms with Crippen molar-refractivity contribution in [3.05, 3.63) is 11.7 Å². The van der Waals surface area contributed by atoms with Gasteiger partial charge >= 0.3 is 0 Å². The average Bonchev–Trinajstić information content (AvgIpc) is 2.65.